The molecule has 0 atom stereocenters. The molecule has 12 rings (SSSR count). The van der Waals surface area contributed by atoms with Crippen LogP contribution < -0.4 is 0 Å². The van der Waals surface area contributed by atoms with Crippen molar-refractivity contribution in [3.8, 4) is 16.8 Å². The van der Waals surface area contributed by atoms with E-state index in [0.29, 0.717) is 0 Å². The number of benzene rings is 7. The van der Waals surface area contributed by atoms with Crippen molar-refractivity contribution in [2.75, 3.05) is 0 Å². The summed E-state index contributed by atoms with van der Waals surface area (Å²) in [7, 11) is 0. The van der Waals surface area contributed by atoms with E-state index in [0.717, 1.165) is 27.6 Å². The molecule has 0 radical (unpaired) electrons. The molecule has 5 aromatic heterocycles. The Kier molecular flexibility index (Phi) is 4.83. The van der Waals surface area contributed by atoms with Gasteiger partial charge in [-0.15, -0.1) is 11.3 Å². The minimum atomic E-state index is 0.908. The molecule has 0 N–H and O–H groups in total. The highest BCUT2D eigenvalue weighted by Crippen LogP contribution is 2.47. The fourth-order valence-corrected chi connectivity index (χ4v) is 9.47. The lowest BCUT2D eigenvalue weighted by atomic mass is 9.97. The Bertz CT molecular complexity index is 3330. The molecule has 12 aromatic rings. The summed E-state index contributed by atoms with van der Waals surface area (Å²) in [5.41, 5.74) is 12.0. The lowest BCUT2D eigenvalue weighted by Crippen LogP contribution is -1.92. The van der Waals surface area contributed by atoms with E-state index < -0.39 is 0 Å². The van der Waals surface area contributed by atoms with Crippen molar-refractivity contribution in [2.45, 2.75) is 0 Å². The van der Waals surface area contributed by atoms with Gasteiger partial charge in [0, 0.05) is 52.8 Å². The third-order valence-corrected chi connectivity index (χ3v) is 11.5. The average Bonchev–Trinajstić information content (AvgIpc) is 3.89. The van der Waals surface area contributed by atoms with Crippen molar-refractivity contribution in [3.63, 3.8) is 0 Å². The van der Waals surface area contributed by atoms with Gasteiger partial charge in [0.15, 0.2) is 5.65 Å². The zero-order valence-corrected chi connectivity index (χ0v) is 26.9. The first-order valence-corrected chi connectivity index (χ1v) is 17.4. The number of aromatic nitrogens is 4. The molecule has 0 saturated heterocycles. The Morgan fingerprint density at radius 3 is 2.04 bits per heavy atom. The van der Waals surface area contributed by atoms with Crippen molar-refractivity contribution < 1.29 is 0 Å². The molecule has 0 unspecified atom stereocenters. The van der Waals surface area contributed by atoms with Crippen LogP contribution >= 0.6 is 11.3 Å². The number of rotatable bonds is 2. The molecule has 226 valence electrons. The number of nitrogens with zero attached hydrogens (tertiary/aromatic N) is 4. The fourth-order valence-electron chi connectivity index (χ4n) is 8.35. The topological polar surface area (TPSA) is 35.1 Å². The Balaban J connectivity index is 1.23. The van der Waals surface area contributed by atoms with Crippen LogP contribution in [0.4, 0.5) is 0 Å². The number of thiophene rings is 1. The molecular formula is C44H24N4S. The van der Waals surface area contributed by atoms with Crippen molar-refractivity contribution in [2.24, 2.45) is 0 Å². The van der Waals surface area contributed by atoms with E-state index in [1.54, 1.807) is 0 Å². The van der Waals surface area contributed by atoms with E-state index in [4.69, 9.17) is 9.97 Å². The lowest BCUT2D eigenvalue weighted by Gasteiger charge is -2.08. The SMILES string of the molecule is c1ccc(-n2c3ccccc3c3cc(-c4cc5c6nc7ccccc7nc6n6c7ccc8sc9ccccc9c8c7c(c4)c56)ccc32)cc1. The highest BCUT2D eigenvalue weighted by Gasteiger charge is 2.24. The first kappa shape index (κ1) is 25.7. The van der Waals surface area contributed by atoms with Crippen LogP contribution in [0.15, 0.2) is 146 Å². The van der Waals surface area contributed by atoms with Crippen LogP contribution in [0.5, 0.6) is 0 Å². The number of hydrogen-bond donors (Lipinski definition) is 0. The molecule has 0 bridgehead atoms. The predicted octanol–water partition coefficient (Wildman–Crippen LogP) is 11.9. The highest BCUT2D eigenvalue weighted by atomic mass is 32.1. The molecule has 5 heteroatoms. The first-order chi connectivity index (χ1) is 24.3. The van der Waals surface area contributed by atoms with Crippen LogP contribution in [0.1, 0.15) is 0 Å². The van der Waals surface area contributed by atoms with Gasteiger partial charge in [-0.2, -0.15) is 0 Å². The van der Waals surface area contributed by atoms with E-state index in [1.807, 2.05) is 23.5 Å². The van der Waals surface area contributed by atoms with Gasteiger partial charge >= 0.3 is 0 Å². The van der Waals surface area contributed by atoms with Gasteiger partial charge in [0.1, 0.15) is 5.52 Å². The minimum absolute atomic E-state index is 0.908. The smallest absolute Gasteiger partial charge is 0.165 e. The normalized spacial score (nSPS) is 12.5. The molecule has 5 heterocycles. The average molecular weight is 641 g/mol. The van der Waals surface area contributed by atoms with Gasteiger partial charge in [-0.05, 0) is 83.9 Å². The number of para-hydroxylation sites is 4. The van der Waals surface area contributed by atoms with Crippen LogP contribution in [-0.2, 0) is 0 Å². The van der Waals surface area contributed by atoms with Crippen LogP contribution in [0, 0.1) is 0 Å². The second kappa shape index (κ2) is 9.19. The summed E-state index contributed by atoms with van der Waals surface area (Å²) in [5.74, 6) is 0. The molecule has 0 aliphatic heterocycles. The molecule has 0 amide bonds. The van der Waals surface area contributed by atoms with E-state index in [9.17, 15) is 0 Å². The van der Waals surface area contributed by atoms with Gasteiger partial charge < -0.3 is 4.57 Å². The summed E-state index contributed by atoms with van der Waals surface area (Å²) in [4.78, 5) is 10.5. The third-order valence-electron chi connectivity index (χ3n) is 10.4. The predicted molar refractivity (Wildman–Crippen MR) is 207 cm³/mol. The van der Waals surface area contributed by atoms with Crippen molar-refractivity contribution in [1.82, 2.24) is 18.9 Å². The molecule has 0 saturated carbocycles. The Morgan fingerprint density at radius 1 is 0.449 bits per heavy atom. The van der Waals surface area contributed by atoms with Crippen molar-refractivity contribution >= 4 is 103 Å². The number of fused-ring (bicyclic) bond motifs is 14. The summed E-state index contributed by atoms with van der Waals surface area (Å²) in [5, 5.41) is 8.79. The fraction of sp³-hybridized carbons (Fsp3) is 0. The second-order valence-electron chi connectivity index (χ2n) is 13.0. The lowest BCUT2D eigenvalue weighted by molar-refractivity contribution is 1.18. The summed E-state index contributed by atoms with van der Waals surface area (Å²) in [6.07, 6.45) is 0. The summed E-state index contributed by atoms with van der Waals surface area (Å²) >= 11 is 1.87. The van der Waals surface area contributed by atoms with Crippen molar-refractivity contribution in [1.29, 1.82) is 0 Å². The van der Waals surface area contributed by atoms with Crippen LogP contribution in [0.25, 0.3) is 108 Å². The van der Waals surface area contributed by atoms with Crippen molar-refractivity contribution in [3.05, 3.63) is 146 Å². The van der Waals surface area contributed by atoms with Gasteiger partial charge in [0.05, 0.1) is 33.1 Å². The first-order valence-electron chi connectivity index (χ1n) is 16.6. The molecule has 49 heavy (non-hydrogen) atoms. The van der Waals surface area contributed by atoms with Crippen LogP contribution in [0.3, 0.4) is 0 Å². The Hall–Kier alpha value is -6.30. The van der Waals surface area contributed by atoms with E-state index >= 15 is 0 Å². The molecule has 7 aromatic carbocycles. The summed E-state index contributed by atoms with van der Waals surface area (Å²) in [6, 6.07) is 52.7. The summed E-state index contributed by atoms with van der Waals surface area (Å²) < 4.78 is 7.35. The standard InChI is InChI=1S/C44H24N4S/c1-2-10-27(11-3-1)47-35-16-8-4-12-28(35)30-22-25(18-19-36(30)47)26-23-31-40-37(20-21-39-41(40)29-13-5-9-17-38(29)49-39)48-43(31)32(24-26)42-44(48)46-34-15-7-6-14-33(34)45-42/h1-24H. The second-order valence-corrected chi connectivity index (χ2v) is 14.1. The molecule has 4 nitrogen and oxygen atoms in total. The molecule has 0 spiro atoms. The maximum Gasteiger partial charge on any atom is 0.165 e. The zero-order chi connectivity index (χ0) is 31.8. The van der Waals surface area contributed by atoms with E-state index in [2.05, 4.69) is 142 Å². The van der Waals surface area contributed by atoms with Gasteiger partial charge in [0.2, 0.25) is 0 Å². The van der Waals surface area contributed by atoms with Gasteiger partial charge in [-0.25, -0.2) is 9.97 Å². The Morgan fingerprint density at radius 2 is 1.14 bits per heavy atom. The molecule has 0 aliphatic carbocycles. The molecule has 0 aliphatic rings. The maximum absolute atomic E-state index is 5.26. The Labute approximate surface area is 283 Å². The van der Waals surface area contributed by atoms with Gasteiger partial charge in [0.25, 0.3) is 0 Å². The van der Waals surface area contributed by atoms with E-state index in [1.165, 1.54) is 80.6 Å². The third kappa shape index (κ3) is 3.32. The van der Waals surface area contributed by atoms with Gasteiger partial charge in [-0.1, -0.05) is 72.8 Å². The highest BCUT2D eigenvalue weighted by molar-refractivity contribution is 7.26. The largest absolute Gasteiger partial charge is 0.309 e. The number of hydrogen-bond acceptors (Lipinski definition) is 3. The van der Waals surface area contributed by atoms with Gasteiger partial charge in [-0.3, -0.25) is 4.40 Å². The monoisotopic (exact) mass is 640 g/mol. The quantitative estimate of drug-likeness (QED) is 0.188. The van der Waals surface area contributed by atoms with E-state index in [-0.39, 0.29) is 0 Å². The van der Waals surface area contributed by atoms with Crippen LogP contribution in [-0.4, -0.2) is 18.9 Å². The molecule has 0 fully saturated rings. The zero-order valence-electron chi connectivity index (χ0n) is 26.1. The van der Waals surface area contributed by atoms with Crippen LogP contribution in [0.2, 0.25) is 0 Å². The summed E-state index contributed by atoms with van der Waals surface area (Å²) in [6.45, 7) is 0. The minimum Gasteiger partial charge on any atom is -0.309 e. The molecular weight excluding hydrogens is 617 g/mol. The maximum atomic E-state index is 5.26.